The van der Waals surface area contributed by atoms with Crippen LogP contribution in [0.2, 0.25) is 0 Å². The van der Waals surface area contributed by atoms with E-state index in [1.807, 2.05) is 0 Å². The molecule has 2 N–H and O–H groups in total. The number of alkyl halides is 6. The maximum Gasteiger partial charge on any atom is 0.416 e. The number of aryl methyl sites for hydroxylation is 1. The number of hydrogen-bond donors (Lipinski definition) is 2. The standard InChI is InChI=1S/C25H26F6N6O5S/c26-24(27,28)16-36-13-10-23(11-14-36,22(38)34-39)43(40,41)20-8-6-19(7-9-20)42-15-1-12-37-33-21(32-35-37)17-2-4-18(5-3-17)25(29,30)31/h2-9,39H,1,10-16H2,(H,34,38). The van der Waals surface area contributed by atoms with Gasteiger partial charge in [0.25, 0.3) is 5.91 Å². The van der Waals surface area contributed by atoms with Gasteiger partial charge in [-0.3, -0.25) is 14.9 Å². The summed E-state index contributed by atoms with van der Waals surface area (Å²) in [5.41, 5.74) is 0.909. The first-order valence-corrected chi connectivity index (χ1v) is 14.3. The van der Waals surface area contributed by atoms with E-state index in [4.69, 9.17) is 4.74 Å². The average Bonchev–Trinajstić information content (AvgIpc) is 3.43. The molecule has 1 saturated heterocycles. The van der Waals surface area contributed by atoms with Crippen molar-refractivity contribution >= 4 is 15.7 Å². The van der Waals surface area contributed by atoms with Gasteiger partial charge in [-0.25, -0.2) is 13.9 Å². The summed E-state index contributed by atoms with van der Waals surface area (Å²) < 4.78 is 107. The molecule has 1 aromatic heterocycles. The molecular formula is C25H26F6N6O5S. The smallest absolute Gasteiger partial charge is 0.416 e. The zero-order chi connectivity index (χ0) is 31.5. The number of likely N-dealkylation sites (tertiary alicyclic amines) is 1. The van der Waals surface area contributed by atoms with E-state index in [-0.39, 0.29) is 42.7 Å². The quantitative estimate of drug-likeness (QED) is 0.148. The molecule has 1 aliphatic heterocycles. The molecule has 1 aliphatic rings. The predicted molar refractivity (Wildman–Crippen MR) is 136 cm³/mol. The molecule has 0 radical (unpaired) electrons. The summed E-state index contributed by atoms with van der Waals surface area (Å²) in [6.45, 7) is -1.48. The van der Waals surface area contributed by atoms with Crippen molar-refractivity contribution in [2.24, 2.45) is 0 Å². The molecular weight excluding hydrogens is 610 g/mol. The molecule has 0 spiro atoms. The molecule has 18 heteroatoms. The van der Waals surface area contributed by atoms with Crippen LogP contribution in [-0.4, -0.2) is 81.8 Å². The lowest BCUT2D eigenvalue weighted by Gasteiger charge is -2.39. The Morgan fingerprint density at radius 3 is 2.19 bits per heavy atom. The highest BCUT2D eigenvalue weighted by atomic mass is 32.2. The summed E-state index contributed by atoms with van der Waals surface area (Å²) in [5, 5.41) is 21.1. The summed E-state index contributed by atoms with van der Waals surface area (Å²) in [6.07, 6.45) is -9.47. The Balaban J connectivity index is 1.33. The number of tetrazole rings is 1. The van der Waals surface area contributed by atoms with Crippen molar-refractivity contribution in [1.29, 1.82) is 0 Å². The van der Waals surface area contributed by atoms with Gasteiger partial charge in [0.1, 0.15) is 5.75 Å². The number of rotatable bonds is 10. The van der Waals surface area contributed by atoms with Gasteiger partial charge in [0.2, 0.25) is 5.82 Å². The number of ether oxygens (including phenoxy) is 1. The zero-order valence-electron chi connectivity index (χ0n) is 22.3. The van der Waals surface area contributed by atoms with Crippen molar-refractivity contribution in [2.75, 3.05) is 26.2 Å². The third-order valence-corrected chi connectivity index (χ3v) is 9.44. The third kappa shape index (κ3) is 7.42. The first kappa shape index (κ1) is 32.2. The third-order valence-electron chi connectivity index (χ3n) is 6.92. The lowest BCUT2D eigenvalue weighted by atomic mass is 9.95. The van der Waals surface area contributed by atoms with E-state index in [0.717, 1.165) is 17.0 Å². The number of carbonyl (C=O) groups excluding carboxylic acids is 1. The van der Waals surface area contributed by atoms with Crippen LogP contribution >= 0.6 is 0 Å². The fourth-order valence-corrected chi connectivity index (χ4v) is 6.60. The Bertz CT molecular complexity index is 1500. The lowest BCUT2D eigenvalue weighted by molar-refractivity contribution is -0.149. The minimum atomic E-state index is -4.49. The van der Waals surface area contributed by atoms with Crippen molar-refractivity contribution in [3.8, 4) is 17.1 Å². The second-order valence-corrected chi connectivity index (χ2v) is 12.0. The average molecular weight is 637 g/mol. The minimum absolute atomic E-state index is 0.144. The number of nitrogens with zero attached hydrogens (tertiary/aromatic N) is 5. The van der Waals surface area contributed by atoms with Gasteiger partial charge < -0.3 is 4.74 Å². The summed E-state index contributed by atoms with van der Waals surface area (Å²) in [4.78, 5) is 14.5. The van der Waals surface area contributed by atoms with Crippen LogP contribution in [0.25, 0.3) is 11.4 Å². The van der Waals surface area contributed by atoms with Crippen LogP contribution in [0.5, 0.6) is 5.75 Å². The number of benzene rings is 2. The van der Waals surface area contributed by atoms with Gasteiger partial charge in [0.05, 0.1) is 30.2 Å². The predicted octanol–water partition coefficient (Wildman–Crippen LogP) is 3.50. The second kappa shape index (κ2) is 12.5. The highest BCUT2D eigenvalue weighted by Gasteiger charge is 2.53. The number of hydroxylamine groups is 1. The maximum atomic E-state index is 13.5. The number of halogens is 6. The normalized spacial score (nSPS) is 16.2. The molecule has 2 heterocycles. The zero-order valence-corrected chi connectivity index (χ0v) is 23.1. The fourth-order valence-electron chi connectivity index (χ4n) is 4.64. The molecule has 0 aliphatic carbocycles. The Kier molecular flexibility index (Phi) is 9.31. The van der Waals surface area contributed by atoms with Crippen molar-refractivity contribution < 1.29 is 49.5 Å². The maximum absolute atomic E-state index is 13.5. The number of sulfone groups is 1. The van der Waals surface area contributed by atoms with Crippen molar-refractivity contribution in [2.45, 2.75) is 47.8 Å². The SMILES string of the molecule is O=C(NO)C1(S(=O)(=O)c2ccc(OCCCn3nnc(-c4ccc(C(F)(F)F)cc4)n3)cc2)CCN(CC(F)(F)F)CC1. The molecule has 1 amide bonds. The number of amides is 1. The molecule has 4 rings (SSSR count). The number of nitrogens with one attached hydrogen (secondary N) is 1. The van der Waals surface area contributed by atoms with Gasteiger partial charge in [-0.1, -0.05) is 12.1 Å². The van der Waals surface area contributed by atoms with Crippen LogP contribution < -0.4 is 10.2 Å². The topological polar surface area (TPSA) is 140 Å². The van der Waals surface area contributed by atoms with Crippen LogP contribution in [0.3, 0.4) is 0 Å². The van der Waals surface area contributed by atoms with E-state index in [9.17, 15) is 44.8 Å². The molecule has 234 valence electrons. The number of carbonyl (C=O) groups is 1. The van der Waals surface area contributed by atoms with Crippen LogP contribution in [-0.2, 0) is 27.4 Å². The molecule has 2 aromatic carbocycles. The van der Waals surface area contributed by atoms with Crippen LogP contribution in [0.15, 0.2) is 53.4 Å². The summed E-state index contributed by atoms with van der Waals surface area (Å²) in [5.74, 6) is -0.788. The first-order chi connectivity index (χ1) is 20.1. The Morgan fingerprint density at radius 1 is 1.00 bits per heavy atom. The van der Waals surface area contributed by atoms with Gasteiger partial charge in [0.15, 0.2) is 14.6 Å². The van der Waals surface area contributed by atoms with E-state index < -0.39 is 57.8 Å². The number of aromatic nitrogens is 4. The largest absolute Gasteiger partial charge is 0.494 e. The molecule has 0 atom stereocenters. The van der Waals surface area contributed by atoms with Gasteiger partial charge in [-0.05, 0) is 54.5 Å². The summed E-state index contributed by atoms with van der Waals surface area (Å²) >= 11 is 0. The summed E-state index contributed by atoms with van der Waals surface area (Å²) in [7, 11) is -4.43. The van der Waals surface area contributed by atoms with E-state index in [2.05, 4.69) is 15.4 Å². The molecule has 0 unspecified atom stereocenters. The monoisotopic (exact) mass is 636 g/mol. The highest BCUT2D eigenvalue weighted by molar-refractivity contribution is 7.93. The lowest BCUT2D eigenvalue weighted by Crippen LogP contribution is -2.58. The number of hydrogen-bond acceptors (Lipinski definition) is 9. The van der Waals surface area contributed by atoms with Gasteiger partial charge in [-0.15, -0.1) is 10.2 Å². The molecule has 11 nitrogen and oxygen atoms in total. The minimum Gasteiger partial charge on any atom is -0.494 e. The molecule has 1 fully saturated rings. The van der Waals surface area contributed by atoms with Crippen LogP contribution in [0.4, 0.5) is 26.3 Å². The Labute approximate surface area is 241 Å². The van der Waals surface area contributed by atoms with E-state index in [1.165, 1.54) is 46.7 Å². The Hall–Kier alpha value is -3.77. The van der Waals surface area contributed by atoms with E-state index >= 15 is 0 Å². The van der Waals surface area contributed by atoms with Crippen LogP contribution in [0.1, 0.15) is 24.8 Å². The molecule has 43 heavy (non-hydrogen) atoms. The van der Waals surface area contributed by atoms with Gasteiger partial charge in [0, 0.05) is 25.1 Å². The molecule has 0 saturated carbocycles. The number of piperidine rings is 1. The first-order valence-electron chi connectivity index (χ1n) is 12.8. The van der Waals surface area contributed by atoms with Crippen LogP contribution in [0, 0.1) is 0 Å². The van der Waals surface area contributed by atoms with E-state index in [0.29, 0.717) is 12.0 Å². The molecule has 0 bridgehead atoms. The highest BCUT2D eigenvalue weighted by Crippen LogP contribution is 2.37. The fraction of sp³-hybridized carbons (Fsp3) is 0.440. The van der Waals surface area contributed by atoms with Gasteiger partial charge >= 0.3 is 12.4 Å². The second-order valence-electron chi connectivity index (χ2n) is 9.79. The molecule has 3 aromatic rings. The Morgan fingerprint density at radius 2 is 1.63 bits per heavy atom. The summed E-state index contributed by atoms with van der Waals surface area (Å²) in [6, 6.07) is 9.44. The van der Waals surface area contributed by atoms with Gasteiger partial charge in [-0.2, -0.15) is 31.1 Å². The van der Waals surface area contributed by atoms with Crippen molar-refractivity contribution in [3.05, 3.63) is 54.1 Å². The van der Waals surface area contributed by atoms with E-state index in [1.54, 1.807) is 0 Å². The van der Waals surface area contributed by atoms with Crippen molar-refractivity contribution in [3.63, 3.8) is 0 Å². The van der Waals surface area contributed by atoms with Crippen molar-refractivity contribution in [1.82, 2.24) is 30.6 Å².